The van der Waals surface area contributed by atoms with Gasteiger partial charge in [-0.2, -0.15) is 5.26 Å². The molecule has 4 heteroatoms. The molecule has 2 aromatic carbocycles. The first-order valence-electron chi connectivity index (χ1n) is 7.49. The average Bonchev–Trinajstić information content (AvgIpc) is 2.92. The maximum Gasteiger partial charge on any atom is 0.151 e. The normalized spacial score (nSPS) is 11.4. The number of nitrogens with zero attached hydrogens (tertiary/aromatic N) is 3. The standard InChI is InChI=1S/C19H17N3O/c1-3-23-16-10-8-14(9-11-16)12-15(13-20)19-21-17-6-4-5-7-18(17)22(19)2/h4-12H,3H2,1-2H3. The van der Waals surface area contributed by atoms with Crippen molar-refractivity contribution in [2.45, 2.75) is 6.92 Å². The van der Waals surface area contributed by atoms with Crippen LogP contribution in [-0.2, 0) is 7.05 Å². The van der Waals surface area contributed by atoms with Crippen molar-refractivity contribution in [3.8, 4) is 11.8 Å². The molecule has 1 aromatic heterocycles. The van der Waals surface area contributed by atoms with E-state index in [2.05, 4.69) is 11.1 Å². The highest BCUT2D eigenvalue weighted by Crippen LogP contribution is 2.22. The van der Waals surface area contributed by atoms with Gasteiger partial charge in [0.1, 0.15) is 11.8 Å². The fraction of sp³-hybridized carbons (Fsp3) is 0.158. The second kappa shape index (κ2) is 6.37. The Kier molecular flexibility index (Phi) is 4.11. The Hall–Kier alpha value is -3.06. The van der Waals surface area contributed by atoms with E-state index in [9.17, 15) is 5.26 Å². The van der Waals surface area contributed by atoms with Gasteiger partial charge in [-0.3, -0.25) is 0 Å². The smallest absolute Gasteiger partial charge is 0.151 e. The van der Waals surface area contributed by atoms with Crippen LogP contribution in [0.1, 0.15) is 18.3 Å². The second-order valence-electron chi connectivity index (χ2n) is 5.16. The van der Waals surface area contributed by atoms with Gasteiger partial charge in [-0.15, -0.1) is 0 Å². The average molecular weight is 303 g/mol. The molecule has 0 radical (unpaired) electrons. The minimum Gasteiger partial charge on any atom is -0.494 e. The van der Waals surface area contributed by atoms with Crippen molar-refractivity contribution in [1.29, 1.82) is 5.26 Å². The monoisotopic (exact) mass is 303 g/mol. The lowest BCUT2D eigenvalue weighted by Crippen LogP contribution is -1.96. The van der Waals surface area contributed by atoms with Gasteiger partial charge in [0.05, 0.1) is 23.2 Å². The molecule has 0 aliphatic rings. The van der Waals surface area contributed by atoms with Crippen LogP contribution in [0.5, 0.6) is 5.75 Å². The first-order valence-corrected chi connectivity index (χ1v) is 7.49. The number of nitriles is 1. The summed E-state index contributed by atoms with van der Waals surface area (Å²) in [6.07, 6.45) is 1.84. The SMILES string of the molecule is CCOc1ccc(C=C(C#N)c2nc3ccccc3n2C)cc1. The Bertz CT molecular complexity index is 899. The number of benzene rings is 2. The van der Waals surface area contributed by atoms with Crippen molar-refractivity contribution in [1.82, 2.24) is 9.55 Å². The van der Waals surface area contributed by atoms with Gasteiger partial charge in [-0.1, -0.05) is 24.3 Å². The molecule has 0 atom stereocenters. The summed E-state index contributed by atoms with van der Waals surface area (Å²) in [6, 6.07) is 17.8. The summed E-state index contributed by atoms with van der Waals surface area (Å²) in [6.45, 7) is 2.59. The van der Waals surface area contributed by atoms with E-state index in [4.69, 9.17) is 4.74 Å². The summed E-state index contributed by atoms with van der Waals surface area (Å²) in [7, 11) is 1.92. The first-order chi connectivity index (χ1) is 11.2. The molecule has 114 valence electrons. The van der Waals surface area contributed by atoms with Gasteiger partial charge in [0.15, 0.2) is 5.82 Å². The molecule has 0 fully saturated rings. The van der Waals surface area contributed by atoms with Crippen LogP contribution in [0, 0.1) is 11.3 Å². The van der Waals surface area contributed by atoms with E-state index in [-0.39, 0.29) is 0 Å². The third-order valence-corrected chi connectivity index (χ3v) is 3.65. The third-order valence-electron chi connectivity index (χ3n) is 3.65. The summed E-state index contributed by atoms with van der Waals surface area (Å²) in [5, 5.41) is 9.53. The predicted octanol–water partition coefficient (Wildman–Crippen LogP) is 4.04. The van der Waals surface area contributed by atoms with Crippen LogP contribution in [0.3, 0.4) is 0 Å². The number of aromatic nitrogens is 2. The van der Waals surface area contributed by atoms with E-state index in [0.717, 1.165) is 22.3 Å². The van der Waals surface area contributed by atoms with Crippen LogP contribution >= 0.6 is 0 Å². The van der Waals surface area contributed by atoms with Crippen LogP contribution in [-0.4, -0.2) is 16.2 Å². The van der Waals surface area contributed by atoms with Gasteiger partial charge in [0.2, 0.25) is 0 Å². The van der Waals surface area contributed by atoms with Crippen LogP contribution in [0.25, 0.3) is 22.7 Å². The number of fused-ring (bicyclic) bond motifs is 1. The summed E-state index contributed by atoms with van der Waals surface area (Å²) in [5.41, 5.74) is 3.37. The summed E-state index contributed by atoms with van der Waals surface area (Å²) in [4.78, 5) is 4.57. The molecule has 0 aliphatic carbocycles. The zero-order valence-electron chi connectivity index (χ0n) is 13.2. The highest BCUT2D eigenvalue weighted by atomic mass is 16.5. The Balaban J connectivity index is 2.01. The number of allylic oxidation sites excluding steroid dienone is 1. The molecular weight excluding hydrogens is 286 g/mol. The van der Waals surface area contributed by atoms with Gasteiger partial charge in [-0.25, -0.2) is 4.98 Å². The predicted molar refractivity (Wildman–Crippen MR) is 91.8 cm³/mol. The van der Waals surface area contributed by atoms with Crippen molar-refractivity contribution in [3.05, 3.63) is 59.9 Å². The highest BCUT2D eigenvalue weighted by molar-refractivity contribution is 5.90. The molecule has 0 amide bonds. The topological polar surface area (TPSA) is 50.8 Å². The number of hydrogen-bond acceptors (Lipinski definition) is 3. The van der Waals surface area contributed by atoms with E-state index in [1.807, 2.05) is 73.1 Å². The molecular formula is C19H17N3O. The molecule has 4 nitrogen and oxygen atoms in total. The van der Waals surface area contributed by atoms with Gasteiger partial charge in [0.25, 0.3) is 0 Å². The van der Waals surface area contributed by atoms with Crippen LogP contribution in [0.15, 0.2) is 48.5 Å². The van der Waals surface area contributed by atoms with Crippen LogP contribution in [0.2, 0.25) is 0 Å². The minimum atomic E-state index is 0.535. The lowest BCUT2D eigenvalue weighted by molar-refractivity contribution is 0.340. The van der Waals surface area contributed by atoms with Crippen LogP contribution < -0.4 is 4.74 Å². The molecule has 0 unspecified atom stereocenters. The molecule has 23 heavy (non-hydrogen) atoms. The first kappa shape index (κ1) is 14.9. The zero-order valence-corrected chi connectivity index (χ0v) is 13.2. The maximum atomic E-state index is 9.53. The van der Waals surface area contributed by atoms with Crippen molar-refractivity contribution < 1.29 is 4.74 Å². The van der Waals surface area contributed by atoms with Crippen molar-refractivity contribution in [3.63, 3.8) is 0 Å². The van der Waals surface area contributed by atoms with Crippen LogP contribution in [0.4, 0.5) is 0 Å². The number of aryl methyl sites for hydroxylation is 1. The molecule has 0 bridgehead atoms. The number of rotatable bonds is 4. The fourth-order valence-corrected chi connectivity index (χ4v) is 2.53. The van der Waals surface area contributed by atoms with Gasteiger partial charge >= 0.3 is 0 Å². The largest absolute Gasteiger partial charge is 0.494 e. The zero-order chi connectivity index (χ0) is 16.2. The lowest BCUT2D eigenvalue weighted by Gasteiger charge is -2.03. The van der Waals surface area contributed by atoms with E-state index >= 15 is 0 Å². The van der Waals surface area contributed by atoms with Crippen molar-refractivity contribution in [2.75, 3.05) is 6.61 Å². The van der Waals surface area contributed by atoms with Crippen molar-refractivity contribution in [2.24, 2.45) is 7.05 Å². The van der Waals surface area contributed by atoms with Gasteiger partial charge in [-0.05, 0) is 42.8 Å². The molecule has 0 saturated carbocycles. The number of ether oxygens (including phenoxy) is 1. The minimum absolute atomic E-state index is 0.535. The number of para-hydroxylation sites is 2. The Morgan fingerprint density at radius 2 is 1.96 bits per heavy atom. The van der Waals surface area contributed by atoms with Gasteiger partial charge in [0, 0.05) is 7.05 Å². The highest BCUT2D eigenvalue weighted by Gasteiger charge is 2.11. The van der Waals surface area contributed by atoms with Crippen molar-refractivity contribution >= 4 is 22.7 Å². The Labute approximate surface area is 135 Å². The molecule has 0 spiro atoms. The summed E-state index contributed by atoms with van der Waals surface area (Å²) in [5.74, 6) is 1.49. The van der Waals surface area contributed by atoms with E-state index in [0.29, 0.717) is 18.0 Å². The molecule has 0 N–H and O–H groups in total. The molecule has 1 heterocycles. The Morgan fingerprint density at radius 1 is 1.22 bits per heavy atom. The molecule has 0 aliphatic heterocycles. The third kappa shape index (κ3) is 2.95. The van der Waals surface area contributed by atoms with Gasteiger partial charge < -0.3 is 9.30 Å². The quantitative estimate of drug-likeness (QED) is 0.684. The van der Waals surface area contributed by atoms with E-state index in [1.165, 1.54) is 0 Å². The van der Waals surface area contributed by atoms with E-state index in [1.54, 1.807) is 0 Å². The molecule has 3 rings (SSSR count). The maximum absolute atomic E-state index is 9.53. The summed E-state index contributed by atoms with van der Waals surface area (Å²) < 4.78 is 7.38. The summed E-state index contributed by atoms with van der Waals surface area (Å²) >= 11 is 0. The lowest BCUT2D eigenvalue weighted by atomic mass is 10.1. The molecule has 0 saturated heterocycles. The Morgan fingerprint density at radius 3 is 2.61 bits per heavy atom. The fourth-order valence-electron chi connectivity index (χ4n) is 2.53. The second-order valence-corrected chi connectivity index (χ2v) is 5.16. The molecule has 3 aromatic rings. The number of imidazole rings is 1. The number of hydrogen-bond donors (Lipinski definition) is 0. The van der Waals surface area contributed by atoms with E-state index < -0.39 is 0 Å².